The van der Waals surface area contributed by atoms with E-state index >= 15 is 0 Å². The molecule has 3 N–H and O–H groups in total. The quantitative estimate of drug-likeness (QED) is 0.794. The first-order valence-corrected chi connectivity index (χ1v) is 6.35. The standard InChI is InChI=1S/C14H20N2O2/c1-9-7-12(17)3-4-13(9)14(18)16-6-5-11(15)8-10(16)2/h3-4,7,10-11,17H,5-6,8,15H2,1-2H3. The molecule has 2 rings (SSSR count). The lowest BCUT2D eigenvalue weighted by molar-refractivity contribution is 0.0618. The molecule has 1 aromatic rings. The summed E-state index contributed by atoms with van der Waals surface area (Å²) in [7, 11) is 0. The van der Waals surface area contributed by atoms with Crippen molar-refractivity contribution in [1.82, 2.24) is 4.90 Å². The molecule has 98 valence electrons. The molecule has 4 nitrogen and oxygen atoms in total. The SMILES string of the molecule is Cc1cc(O)ccc1C(=O)N1CCC(N)CC1C. The molecule has 1 heterocycles. The van der Waals surface area contributed by atoms with Crippen LogP contribution < -0.4 is 5.73 Å². The zero-order valence-corrected chi connectivity index (χ0v) is 10.9. The van der Waals surface area contributed by atoms with E-state index in [0.717, 1.165) is 18.4 Å². The second kappa shape index (κ2) is 4.98. The Balaban J connectivity index is 2.20. The summed E-state index contributed by atoms with van der Waals surface area (Å²) < 4.78 is 0. The van der Waals surface area contributed by atoms with Crippen molar-refractivity contribution in [1.29, 1.82) is 0 Å². The van der Waals surface area contributed by atoms with Crippen LogP contribution in [0.4, 0.5) is 0 Å². The van der Waals surface area contributed by atoms with Crippen LogP contribution in [0.1, 0.15) is 35.7 Å². The zero-order chi connectivity index (χ0) is 13.3. The average Bonchev–Trinajstić information content (AvgIpc) is 2.28. The molecule has 0 aliphatic carbocycles. The summed E-state index contributed by atoms with van der Waals surface area (Å²) >= 11 is 0. The van der Waals surface area contributed by atoms with Gasteiger partial charge in [0.2, 0.25) is 0 Å². The van der Waals surface area contributed by atoms with E-state index in [9.17, 15) is 9.90 Å². The second-order valence-corrected chi connectivity index (χ2v) is 5.13. The van der Waals surface area contributed by atoms with Gasteiger partial charge in [-0.25, -0.2) is 0 Å². The minimum Gasteiger partial charge on any atom is -0.508 e. The zero-order valence-electron chi connectivity index (χ0n) is 10.9. The molecule has 0 radical (unpaired) electrons. The lowest BCUT2D eigenvalue weighted by Gasteiger charge is -2.36. The number of phenolic OH excluding ortho intramolecular Hbond substituents is 1. The van der Waals surface area contributed by atoms with Crippen molar-refractivity contribution in [2.45, 2.75) is 38.8 Å². The summed E-state index contributed by atoms with van der Waals surface area (Å²) in [5, 5.41) is 9.37. The molecule has 18 heavy (non-hydrogen) atoms. The van der Waals surface area contributed by atoms with E-state index in [1.165, 1.54) is 0 Å². The van der Waals surface area contributed by atoms with Crippen molar-refractivity contribution in [3.8, 4) is 5.75 Å². The number of nitrogens with zero attached hydrogens (tertiary/aromatic N) is 1. The second-order valence-electron chi connectivity index (χ2n) is 5.13. The molecule has 1 saturated heterocycles. The lowest BCUT2D eigenvalue weighted by Crippen LogP contribution is -2.48. The average molecular weight is 248 g/mol. The Bertz CT molecular complexity index is 459. The number of amides is 1. The van der Waals surface area contributed by atoms with Gasteiger partial charge in [0, 0.05) is 24.2 Å². The third-order valence-corrected chi connectivity index (χ3v) is 3.62. The van der Waals surface area contributed by atoms with Crippen LogP contribution in [0.3, 0.4) is 0 Å². The number of nitrogens with two attached hydrogens (primary N) is 1. The summed E-state index contributed by atoms with van der Waals surface area (Å²) in [6.07, 6.45) is 1.70. The van der Waals surface area contributed by atoms with E-state index in [4.69, 9.17) is 5.73 Å². The molecule has 0 aromatic heterocycles. The Hall–Kier alpha value is -1.55. The van der Waals surface area contributed by atoms with Crippen LogP contribution >= 0.6 is 0 Å². The number of carbonyl (C=O) groups excluding carboxylic acids is 1. The number of hydrogen-bond acceptors (Lipinski definition) is 3. The van der Waals surface area contributed by atoms with E-state index in [1.54, 1.807) is 18.2 Å². The Morgan fingerprint density at radius 3 is 2.83 bits per heavy atom. The molecule has 1 amide bonds. The highest BCUT2D eigenvalue weighted by Gasteiger charge is 2.28. The van der Waals surface area contributed by atoms with Crippen LogP contribution in [0.25, 0.3) is 0 Å². The molecule has 1 aliphatic rings. The molecule has 2 atom stereocenters. The van der Waals surface area contributed by atoms with E-state index in [1.807, 2.05) is 18.7 Å². The largest absolute Gasteiger partial charge is 0.508 e. The van der Waals surface area contributed by atoms with Gasteiger partial charge in [-0.3, -0.25) is 4.79 Å². The Morgan fingerprint density at radius 1 is 1.50 bits per heavy atom. The van der Waals surface area contributed by atoms with Gasteiger partial charge in [0.15, 0.2) is 0 Å². The number of hydrogen-bond donors (Lipinski definition) is 2. The topological polar surface area (TPSA) is 66.6 Å². The van der Waals surface area contributed by atoms with Crippen LogP contribution in [0.5, 0.6) is 5.75 Å². The molecule has 0 spiro atoms. The van der Waals surface area contributed by atoms with Crippen LogP contribution in [-0.4, -0.2) is 34.5 Å². The first-order chi connectivity index (χ1) is 8.49. The molecular formula is C14H20N2O2. The van der Waals surface area contributed by atoms with Gasteiger partial charge in [-0.05, 0) is 50.5 Å². The number of aryl methyl sites for hydroxylation is 1. The van der Waals surface area contributed by atoms with E-state index < -0.39 is 0 Å². The highest BCUT2D eigenvalue weighted by molar-refractivity contribution is 5.96. The van der Waals surface area contributed by atoms with Gasteiger partial charge >= 0.3 is 0 Å². The van der Waals surface area contributed by atoms with E-state index in [0.29, 0.717) is 12.1 Å². The summed E-state index contributed by atoms with van der Waals surface area (Å²) in [6.45, 7) is 4.58. The maximum atomic E-state index is 12.5. The first-order valence-electron chi connectivity index (χ1n) is 6.35. The van der Waals surface area contributed by atoms with Crippen LogP contribution in [0.2, 0.25) is 0 Å². The van der Waals surface area contributed by atoms with Gasteiger partial charge in [-0.15, -0.1) is 0 Å². The summed E-state index contributed by atoms with van der Waals surface area (Å²) in [6, 6.07) is 5.24. The van der Waals surface area contributed by atoms with Crippen LogP contribution in [0.15, 0.2) is 18.2 Å². The highest BCUT2D eigenvalue weighted by atomic mass is 16.3. The number of carbonyl (C=O) groups is 1. The molecule has 1 fully saturated rings. The lowest BCUT2D eigenvalue weighted by atomic mass is 9.97. The van der Waals surface area contributed by atoms with E-state index in [-0.39, 0.29) is 23.7 Å². The normalized spacial score (nSPS) is 24.1. The molecular weight excluding hydrogens is 228 g/mol. The van der Waals surface area contributed by atoms with Gasteiger partial charge in [-0.1, -0.05) is 0 Å². The first kappa shape index (κ1) is 12.9. The highest BCUT2D eigenvalue weighted by Crippen LogP contribution is 2.22. The fourth-order valence-electron chi connectivity index (χ4n) is 2.55. The van der Waals surface area contributed by atoms with Crippen LogP contribution in [-0.2, 0) is 0 Å². The Kier molecular flexibility index (Phi) is 3.57. The molecule has 0 saturated carbocycles. The third-order valence-electron chi connectivity index (χ3n) is 3.62. The van der Waals surface area contributed by atoms with Gasteiger partial charge < -0.3 is 15.7 Å². The number of phenols is 1. The summed E-state index contributed by atoms with van der Waals surface area (Å²) in [5.74, 6) is 0.227. The van der Waals surface area contributed by atoms with Gasteiger partial charge in [-0.2, -0.15) is 0 Å². The predicted molar refractivity (Wildman–Crippen MR) is 70.6 cm³/mol. The van der Waals surface area contributed by atoms with Gasteiger partial charge in [0.05, 0.1) is 0 Å². The monoisotopic (exact) mass is 248 g/mol. The van der Waals surface area contributed by atoms with E-state index in [2.05, 4.69) is 0 Å². The fraction of sp³-hybridized carbons (Fsp3) is 0.500. The fourth-order valence-corrected chi connectivity index (χ4v) is 2.55. The number of benzene rings is 1. The maximum Gasteiger partial charge on any atom is 0.254 e. The number of rotatable bonds is 1. The van der Waals surface area contributed by atoms with Crippen LogP contribution in [0, 0.1) is 6.92 Å². The molecule has 1 aromatic carbocycles. The molecule has 1 aliphatic heterocycles. The predicted octanol–water partition coefficient (Wildman–Crippen LogP) is 1.65. The number of aromatic hydroxyl groups is 1. The minimum atomic E-state index is 0.0342. The van der Waals surface area contributed by atoms with Crippen molar-refractivity contribution in [2.24, 2.45) is 5.73 Å². The Labute approximate surface area is 107 Å². The molecule has 2 unspecified atom stereocenters. The van der Waals surface area contributed by atoms with Gasteiger partial charge in [0.1, 0.15) is 5.75 Å². The summed E-state index contributed by atoms with van der Waals surface area (Å²) in [4.78, 5) is 14.3. The third kappa shape index (κ3) is 2.48. The number of piperidine rings is 1. The molecule has 0 bridgehead atoms. The van der Waals surface area contributed by atoms with Crippen molar-refractivity contribution in [3.05, 3.63) is 29.3 Å². The van der Waals surface area contributed by atoms with Crippen molar-refractivity contribution in [3.63, 3.8) is 0 Å². The Morgan fingerprint density at radius 2 is 2.22 bits per heavy atom. The smallest absolute Gasteiger partial charge is 0.254 e. The number of likely N-dealkylation sites (tertiary alicyclic amines) is 1. The van der Waals surface area contributed by atoms with Gasteiger partial charge in [0.25, 0.3) is 5.91 Å². The molecule has 4 heteroatoms. The maximum absolute atomic E-state index is 12.5. The van der Waals surface area contributed by atoms with Crippen molar-refractivity contribution < 1.29 is 9.90 Å². The minimum absolute atomic E-state index is 0.0342. The van der Waals surface area contributed by atoms with Crippen molar-refractivity contribution in [2.75, 3.05) is 6.54 Å². The summed E-state index contributed by atoms with van der Waals surface area (Å²) in [5.41, 5.74) is 7.37. The van der Waals surface area contributed by atoms with Crippen molar-refractivity contribution >= 4 is 5.91 Å².